The minimum atomic E-state index is -0.176. The van der Waals surface area contributed by atoms with Crippen molar-refractivity contribution in [2.75, 3.05) is 19.1 Å². The van der Waals surface area contributed by atoms with E-state index in [0.717, 1.165) is 34.1 Å². The minimum absolute atomic E-state index is 0.176. The maximum Gasteiger partial charge on any atom is 0.296 e. The van der Waals surface area contributed by atoms with Gasteiger partial charge in [0.2, 0.25) is 0 Å². The fraction of sp³-hybridized carbons (Fsp3) is 0.148. The van der Waals surface area contributed by atoms with E-state index in [1.54, 1.807) is 20.3 Å². The molecule has 6 nitrogen and oxygen atoms in total. The van der Waals surface area contributed by atoms with Crippen LogP contribution in [0.1, 0.15) is 12.5 Å². The highest BCUT2D eigenvalue weighted by molar-refractivity contribution is 5.77. The van der Waals surface area contributed by atoms with Crippen LogP contribution in [0.25, 0.3) is 12.7 Å². The molecule has 1 aromatic heterocycles. The van der Waals surface area contributed by atoms with Crippen molar-refractivity contribution >= 4 is 29.7 Å². The summed E-state index contributed by atoms with van der Waals surface area (Å²) in [4.78, 5) is 14.6. The highest BCUT2D eigenvalue weighted by atomic mass is 16.5. The number of anilines is 3. The van der Waals surface area contributed by atoms with Crippen molar-refractivity contribution in [1.29, 1.82) is 0 Å². The molecule has 0 N–H and O–H groups in total. The van der Waals surface area contributed by atoms with Crippen LogP contribution in [-0.2, 0) is 6.54 Å². The molecule has 168 valence electrons. The summed E-state index contributed by atoms with van der Waals surface area (Å²) in [5.41, 5.74) is 4.24. The predicted molar refractivity (Wildman–Crippen MR) is 131 cm³/mol. The minimum Gasteiger partial charge on any atom is -0.497 e. The summed E-state index contributed by atoms with van der Waals surface area (Å²) in [5.74, 6) is 1.58. The quantitative estimate of drug-likeness (QED) is 0.430. The predicted octanol–water partition coefficient (Wildman–Crippen LogP) is 4.19. The first-order valence-corrected chi connectivity index (χ1v) is 10.6. The third-order valence-electron chi connectivity index (χ3n) is 5.41. The number of nitrogens with zero attached hydrogens (tertiary/aromatic N) is 2. The molecule has 4 aromatic rings. The smallest absolute Gasteiger partial charge is 0.296 e. The van der Waals surface area contributed by atoms with Gasteiger partial charge in [0.25, 0.3) is 5.56 Å². The molecule has 0 saturated carbocycles. The molecule has 0 atom stereocenters. The zero-order valence-electron chi connectivity index (χ0n) is 18.9. The number of methoxy groups -OCH3 is 2. The van der Waals surface area contributed by atoms with Gasteiger partial charge in [0.05, 0.1) is 14.2 Å². The van der Waals surface area contributed by atoms with Gasteiger partial charge in [-0.05, 0) is 85.8 Å². The van der Waals surface area contributed by atoms with Crippen molar-refractivity contribution in [2.24, 2.45) is 0 Å². The van der Waals surface area contributed by atoms with E-state index in [-0.39, 0.29) is 11.0 Å². The number of hydrogen-bond donors (Lipinski definition) is 0. The zero-order valence-corrected chi connectivity index (χ0v) is 18.9. The maximum atomic E-state index is 12.4. The van der Waals surface area contributed by atoms with Gasteiger partial charge in [-0.25, -0.2) is 0 Å². The van der Waals surface area contributed by atoms with Crippen LogP contribution in [0.2, 0.25) is 0 Å². The Hall–Kier alpha value is -4.19. The number of hydrogen-bond acceptors (Lipinski definition) is 5. The lowest BCUT2D eigenvalue weighted by molar-refractivity contribution is 0.415. The number of ether oxygens (including phenoxy) is 2. The van der Waals surface area contributed by atoms with Gasteiger partial charge >= 0.3 is 0 Å². The molecule has 3 aromatic carbocycles. The fourth-order valence-electron chi connectivity index (χ4n) is 3.66. The van der Waals surface area contributed by atoms with Crippen molar-refractivity contribution in [3.05, 3.63) is 99.7 Å². The number of aromatic nitrogens is 1. The van der Waals surface area contributed by atoms with Gasteiger partial charge in [-0.15, -0.1) is 0 Å². The Labute approximate surface area is 192 Å². The molecule has 6 heteroatoms. The SMILES string of the molecule is C=c1o/c(=C/c2ccc(N(c3ccc(OC)cc3)c3ccc(OC)cc3)cc2)c(=O)n1CC. The average molecular weight is 443 g/mol. The third kappa shape index (κ3) is 4.55. The Kier molecular flexibility index (Phi) is 6.36. The normalized spacial score (nSPS) is 11.4. The zero-order chi connectivity index (χ0) is 23.4. The molecular weight excluding hydrogens is 416 g/mol. The lowest BCUT2D eigenvalue weighted by atomic mass is 10.1. The Morgan fingerprint density at radius 1 is 0.848 bits per heavy atom. The van der Waals surface area contributed by atoms with Gasteiger partial charge < -0.3 is 18.8 Å². The van der Waals surface area contributed by atoms with Gasteiger partial charge in [-0.3, -0.25) is 9.36 Å². The van der Waals surface area contributed by atoms with Crippen LogP contribution >= 0.6 is 0 Å². The molecule has 0 radical (unpaired) electrons. The lowest BCUT2D eigenvalue weighted by Crippen LogP contribution is -2.30. The van der Waals surface area contributed by atoms with Crippen LogP contribution < -0.4 is 30.9 Å². The van der Waals surface area contributed by atoms with Crippen molar-refractivity contribution in [3.8, 4) is 11.5 Å². The molecule has 0 saturated heterocycles. The summed E-state index contributed by atoms with van der Waals surface area (Å²) in [7, 11) is 3.30. The van der Waals surface area contributed by atoms with E-state index < -0.39 is 0 Å². The monoisotopic (exact) mass is 442 g/mol. The Morgan fingerprint density at radius 3 is 1.70 bits per heavy atom. The average Bonchev–Trinajstić information content (AvgIpc) is 3.13. The van der Waals surface area contributed by atoms with E-state index >= 15 is 0 Å². The van der Waals surface area contributed by atoms with Crippen LogP contribution in [0.4, 0.5) is 17.1 Å². The summed E-state index contributed by atoms with van der Waals surface area (Å²) in [5, 5.41) is 0. The van der Waals surface area contributed by atoms with E-state index in [9.17, 15) is 4.79 Å². The summed E-state index contributed by atoms with van der Waals surface area (Å²) in [6, 6.07) is 23.7. The number of oxazole rings is 1. The van der Waals surface area contributed by atoms with Crippen molar-refractivity contribution in [3.63, 3.8) is 0 Å². The largest absolute Gasteiger partial charge is 0.497 e. The number of benzene rings is 3. The summed E-state index contributed by atoms with van der Waals surface area (Å²) in [6.45, 7) is 6.20. The highest BCUT2D eigenvalue weighted by Gasteiger charge is 2.13. The van der Waals surface area contributed by atoms with E-state index in [2.05, 4.69) is 11.5 Å². The molecule has 0 aliphatic carbocycles. The van der Waals surface area contributed by atoms with Crippen molar-refractivity contribution in [1.82, 2.24) is 4.57 Å². The standard InChI is InChI=1S/C27H26N2O4/c1-5-28-19(2)33-26(27(28)30)18-20-6-8-21(9-7-20)29(22-10-14-24(31-3)15-11-22)23-12-16-25(32-4)17-13-23/h6-18H,2,5H2,1,3-4H3/b26-18+. The molecular formula is C27H26N2O4. The van der Waals surface area contributed by atoms with Gasteiger partial charge in [0.1, 0.15) is 11.5 Å². The van der Waals surface area contributed by atoms with Crippen molar-refractivity contribution < 1.29 is 13.9 Å². The molecule has 0 fully saturated rings. The van der Waals surface area contributed by atoms with Crippen LogP contribution in [-0.4, -0.2) is 18.8 Å². The van der Waals surface area contributed by atoms with Gasteiger partial charge in [0, 0.05) is 23.6 Å². The van der Waals surface area contributed by atoms with E-state index in [1.165, 1.54) is 4.57 Å². The first-order valence-electron chi connectivity index (χ1n) is 10.6. The first-order chi connectivity index (χ1) is 16.0. The molecule has 0 aliphatic heterocycles. The summed E-state index contributed by atoms with van der Waals surface area (Å²) < 4.78 is 17.7. The highest BCUT2D eigenvalue weighted by Crippen LogP contribution is 2.36. The summed E-state index contributed by atoms with van der Waals surface area (Å²) >= 11 is 0. The van der Waals surface area contributed by atoms with Crippen LogP contribution in [0, 0.1) is 0 Å². The second-order valence-electron chi connectivity index (χ2n) is 7.38. The first kappa shape index (κ1) is 22.0. The molecule has 0 spiro atoms. The molecule has 0 bridgehead atoms. The second kappa shape index (κ2) is 9.53. The topological polar surface area (TPSA) is 56.8 Å². The molecule has 0 aliphatic rings. The Balaban J connectivity index is 1.74. The second-order valence-corrected chi connectivity index (χ2v) is 7.38. The lowest BCUT2D eigenvalue weighted by Gasteiger charge is -2.26. The molecule has 1 heterocycles. The Morgan fingerprint density at radius 2 is 1.30 bits per heavy atom. The molecule has 33 heavy (non-hydrogen) atoms. The van der Waals surface area contributed by atoms with Gasteiger partial charge in [-0.2, -0.15) is 0 Å². The van der Waals surface area contributed by atoms with Crippen molar-refractivity contribution in [2.45, 2.75) is 13.5 Å². The molecule has 4 rings (SSSR count). The van der Waals surface area contributed by atoms with Crippen LogP contribution in [0.15, 0.2) is 82.0 Å². The van der Waals surface area contributed by atoms with Crippen LogP contribution in [0.3, 0.4) is 0 Å². The summed E-state index contributed by atoms with van der Waals surface area (Å²) in [6.07, 6.45) is 1.73. The molecule has 0 unspecified atom stereocenters. The Bertz CT molecular complexity index is 1340. The molecule has 0 amide bonds. The fourth-order valence-corrected chi connectivity index (χ4v) is 3.66. The van der Waals surface area contributed by atoms with Gasteiger partial charge in [0.15, 0.2) is 11.0 Å². The van der Waals surface area contributed by atoms with E-state index in [1.807, 2.05) is 79.7 Å². The van der Waals surface area contributed by atoms with E-state index in [0.29, 0.717) is 12.1 Å². The third-order valence-corrected chi connectivity index (χ3v) is 5.41. The van der Waals surface area contributed by atoms with Crippen LogP contribution in [0.5, 0.6) is 11.5 Å². The van der Waals surface area contributed by atoms with E-state index in [4.69, 9.17) is 13.9 Å². The number of rotatable bonds is 7. The maximum absolute atomic E-state index is 12.4. The van der Waals surface area contributed by atoms with Gasteiger partial charge in [-0.1, -0.05) is 12.1 Å².